The van der Waals surface area contributed by atoms with Crippen LogP contribution < -0.4 is 4.74 Å². The standard InChI is InChI=1S/C22H28O3S/c1-2-3-14-26(23,24)17-22(19-8-5-4-6-9-19)20-10-7-11-21(15-20)25-16-18-12-13-18/h4-11,15,18,22H,2-3,12-14,16-17H2,1H3. The van der Waals surface area contributed by atoms with Crippen LogP contribution >= 0.6 is 0 Å². The van der Waals surface area contributed by atoms with Crippen molar-refractivity contribution in [1.29, 1.82) is 0 Å². The van der Waals surface area contributed by atoms with Crippen LogP contribution in [-0.2, 0) is 9.84 Å². The van der Waals surface area contributed by atoms with Crippen LogP contribution in [-0.4, -0.2) is 26.5 Å². The van der Waals surface area contributed by atoms with E-state index in [9.17, 15) is 8.42 Å². The van der Waals surface area contributed by atoms with Crippen LogP contribution in [0.5, 0.6) is 5.75 Å². The Morgan fingerprint density at radius 1 is 1.04 bits per heavy atom. The molecule has 0 bridgehead atoms. The largest absolute Gasteiger partial charge is 0.493 e. The lowest BCUT2D eigenvalue weighted by molar-refractivity contribution is 0.299. The summed E-state index contributed by atoms with van der Waals surface area (Å²) in [5, 5.41) is 0. The molecule has 1 atom stereocenters. The molecule has 1 aliphatic rings. The van der Waals surface area contributed by atoms with Crippen LogP contribution in [0, 0.1) is 5.92 Å². The van der Waals surface area contributed by atoms with Crippen LogP contribution in [0.15, 0.2) is 54.6 Å². The molecule has 0 spiro atoms. The molecule has 0 N–H and O–H groups in total. The second kappa shape index (κ2) is 8.72. The third-order valence-corrected chi connectivity index (χ3v) is 6.63. The van der Waals surface area contributed by atoms with E-state index >= 15 is 0 Å². The van der Waals surface area contributed by atoms with Gasteiger partial charge < -0.3 is 4.74 Å². The molecule has 2 aromatic rings. The lowest BCUT2D eigenvalue weighted by Crippen LogP contribution is -2.19. The SMILES string of the molecule is CCCCS(=O)(=O)CC(c1ccccc1)c1cccc(OCC2CC2)c1. The van der Waals surface area contributed by atoms with Crippen molar-refractivity contribution >= 4 is 9.84 Å². The van der Waals surface area contributed by atoms with Gasteiger partial charge >= 0.3 is 0 Å². The van der Waals surface area contributed by atoms with Crippen molar-refractivity contribution in [3.05, 3.63) is 65.7 Å². The third kappa shape index (κ3) is 5.60. The zero-order chi connectivity index (χ0) is 18.4. The summed E-state index contributed by atoms with van der Waals surface area (Å²) in [6, 6.07) is 17.9. The summed E-state index contributed by atoms with van der Waals surface area (Å²) in [5.74, 6) is 1.76. The van der Waals surface area contributed by atoms with Gasteiger partial charge in [0.15, 0.2) is 9.84 Å². The highest BCUT2D eigenvalue weighted by molar-refractivity contribution is 7.91. The molecule has 26 heavy (non-hydrogen) atoms. The van der Waals surface area contributed by atoms with E-state index in [0.29, 0.717) is 12.3 Å². The summed E-state index contributed by atoms with van der Waals surface area (Å²) in [6.45, 7) is 2.78. The van der Waals surface area contributed by atoms with E-state index in [4.69, 9.17) is 4.74 Å². The molecule has 0 aromatic heterocycles. The van der Waals surface area contributed by atoms with Gasteiger partial charge in [0.25, 0.3) is 0 Å². The van der Waals surface area contributed by atoms with Crippen LogP contribution in [0.3, 0.4) is 0 Å². The van der Waals surface area contributed by atoms with Gasteiger partial charge in [-0.1, -0.05) is 55.8 Å². The summed E-state index contributed by atoms with van der Waals surface area (Å²) in [5.41, 5.74) is 2.04. The minimum Gasteiger partial charge on any atom is -0.493 e. The first kappa shape index (κ1) is 19.0. The molecule has 0 saturated heterocycles. The van der Waals surface area contributed by atoms with Crippen molar-refractivity contribution in [1.82, 2.24) is 0 Å². The maximum absolute atomic E-state index is 12.6. The summed E-state index contributed by atoms with van der Waals surface area (Å²) >= 11 is 0. The molecule has 0 radical (unpaired) electrons. The number of benzene rings is 2. The molecule has 1 unspecified atom stereocenters. The molecule has 4 heteroatoms. The number of sulfone groups is 1. The fourth-order valence-electron chi connectivity index (χ4n) is 3.09. The molecule has 1 aliphatic carbocycles. The van der Waals surface area contributed by atoms with Gasteiger partial charge in [0.05, 0.1) is 18.1 Å². The molecule has 0 amide bonds. The second-order valence-corrected chi connectivity index (χ2v) is 9.49. The second-order valence-electron chi connectivity index (χ2n) is 7.26. The number of ether oxygens (including phenoxy) is 1. The van der Waals surface area contributed by atoms with E-state index in [1.807, 2.05) is 61.5 Å². The molecule has 3 rings (SSSR count). The van der Waals surface area contributed by atoms with Crippen molar-refractivity contribution in [2.24, 2.45) is 5.92 Å². The quantitative estimate of drug-likeness (QED) is 0.600. The highest BCUT2D eigenvalue weighted by Gasteiger charge is 2.24. The van der Waals surface area contributed by atoms with Crippen molar-refractivity contribution in [2.75, 3.05) is 18.1 Å². The average Bonchev–Trinajstić information content (AvgIpc) is 3.48. The maximum Gasteiger partial charge on any atom is 0.151 e. The van der Waals surface area contributed by atoms with Crippen LogP contribution in [0.1, 0.15) is 49.7 Å². The predicted molar refractivity (Wildman–Crippen MR) is 107 cm³/mol. The van der Waals surface area contributed by atoms with Crippen molar-refractivity contribution in [3.63, 3.8) is 0 Å². The van der Waals surface area contributed by atoms with Gasteiger partial charge in [0, 0.05) is 5.92 Å². The minimum absolute atomic E-state index is 0.142. The third-order valence-electron chi connectivity index (χ3n) is 4.87. The maximum atomic E-state index is 12.6. The Morgan fingerprint density at radius 2 is 1.77 bits per heavy atom. The van der Waals surface area contributed by atoms with E-state index in [2.05, 4.69) is 0 Å². The van der Waals surface area contributed by atoms with E-state index in [1.54, 1.807) is 0 Å². The highest BCUT2D eigenvalue weighted by Crippen LogP contribution is 2.32. The Kier molecular flexibility index (Phi) is 6.36. The zero-order valence-electron chi connectivity index (χ0n) is 15.4. The Labute approximate surface area is 157 Å². The van der Waals surface area contributed by atoms with Gasteiger partial charge in [-0.2, -0.15) is 0 Å². The smallest absolute Gasteiger partial charge is 0.151 e. The topological polar surface area (TPSA) is 43.4 Å². The van der Waals surface area contributed by atoms with Crippen LogP contribution in [0.25, 0.3) is 0 Å². The first-order valence-corrected chi connectivity index (χ1v) is 11.4. The Bertz CT molecular complexity index is 795. The fourth-order valence-corrected chi connectivity index (χ4v) is 4.88. The van der Waals surface area contributed by atoms with Gasteiger partial charge in [0.2, 0.25) is 0 Å². The number of hydrogen-bond acceptors (Lipinski definition) is 3. The minimum atomic E-state index is -3.11. The van der Waals surface area contributed by atoms with Gasteiger partial charge in [0.1, 0.15) is 5.75 Å². The first-order chi connectivity index (χ1) is 12.6. The lowest BCUT2D eigenvalue weighted by atomic mass is 9.93. The predicted octanol–water partition coefficient (Wildman–Crippen LogP) is 4.82. The van der Waals surface area contributed by atoms with Gasteiger partial charge in [-0.15, -0.1) is 0 Å². The number of unbranched alkanes of at least 4 members (excludes halogenated alkanes) is 1. The van der Waals surface area contributed by atoms with Crippen LogP contribution in [0.4, 0.5) is 0 Å². The Morgan fingerprint density at radius 3 is 2.46 bits per heavy atom. The molecule has 2 aromatic carbocycles. The number of rotatable bonds is 10. The molecular formula is C22H28O3S. The first-order valence-electron chi connectivity index (χ1n) is 9.55. The monoisotopic (exact) mass is 372 g/mol. The normalized spacial score (nSPS) is 15.6. The van der Waals surface area contributed by atoms with Crippen molar-refractivity contribution in [2.45, 2.75) is 38.5 Å². The summed E-state index contributed by atoms with van der Waals surface area (Å²) in [6.07, 6.45) is 4.11. The van der Waals surface area contributed by atoms with Gasteiger partial charge in [-0.05, 0) is 48.4 Å². The van der Waals surface area contributed by atoms with Crippen molar-refractivity contribution < 1.29 is 13.2 Å². The van der Waals surface area contributed by atoms with Crippen LogP contribution in [0.2, 0.25) is 0 Å². The summed E-state index contributed by atoms with van der Waals surface area (Å²) in [4.78, 5) is 0. The van der Waals surface area contributed by atoms with E-state index in [1.165, 1.54) is 12.8 Å². The Hall–Kier alpha value is -1.81. The molecule has 1 fully saturated rings. The molecule has 3 nitrogen and oxygen atoms in total. The molecular weight excluding hydrogens is 344 g/mol. The molecule has 0 heterocycles. The van der Waals surface area contributed by atoms with Gasteiger partial charge in [-0.3, -0.25) is 0 Å². The van der Waals surface area contributed by atoms with E-state index in [-0.39, 0.29) is 17.4 Å². The Balaban J connectivity index is 1.84. The van der Waals surface area contributed by atoms with E-state index in [0.717, 1.165) is 29.9 Å². The average molecular weight is 373 g/mol. The molecule has 140 valence electrons. The fraction of sp³-hybridized carbons (Fsp3) is 0.455. The molecule has 1 saturated carbocycles. The highest BCUT2D eigenvalue weighted by atomic mass is 32.2. The summed E-state index contributed by atoms with van der Waals surface area (Å²) < 4.78 is 31.1. The van der Waals surface area contributed by atoms with Gasteiger partial charge in [-0.25, -0.2) is 8.42 Å². The molecule has 0 aliphatic heterocycles. The zero-order valence-corrected chi connectivity index (χ0v) is 16.3. The van der Waals surface area contributed by atoms with E-state index < -0.39 is 9.84 Å². The van der Waals surface area contributed by atoms with Crippen molar-refractivity contribution in [3.8, 4) is 5.75 Å². The number of hydrogen-bond donors (Lipinski definition) is 0. The summed E-state index contributed by atoms with van der Waals surface area (Å²) in [7, 11) is -3.11. The lowest BCUT2D eigenvalue weighted by Gasteiger charge is -2.19.